The molecule has 8 heteroatoms. The van der Waals surface area contributed by atoms with Gasteiger partial charge in [0.1, 0.15) is 18.2 Å². The fourth-order valence-corrected chi connectivity index (χ4v) is 4.13. The van der Waals surface area contributed by atoms with Crippen LogP contribution in [0.25, 0.3) is 10.9 Å². The van der Waals surface area contributed by atoms with Crippen molar-refractivity contribution in [1.82, 2.24) is 9.66 Å². The quantitative estimate of drug-likeness (QED) is 0.310. The molecule has 0 N–H and O–H groups in total. The van der Waals surface area contributed by atoms with Crippen LogP contribution in [0.4, 0.5) is 0 Å². The molecule has 5 rings (SSSR count). The smallest absolute Gasteiger partial charge is 0.282 e. The number of rotatable bonds is 5. The molecule has 0 fully saturated rings. The number of benzene rings is 3. The molecular formula is C27H24BrN3O4. The van der Waals surface area contributed by atoms with E-state index in [1.54, 1.807) is 12.3 Å². The Balaban J connectivity index is 1.48. The molecule has 0 bridgehead atoms. The lowest BCUT2D eigenvalue weighted by Gasteiger charge is -2.21. The summed E-state index contributed by atoms with van der Waals surface area (Å²) in [5, 5.41) is 5.07. The fraction of sp³-hybridized carbons (Fsp3) is 0.222. The van der Waals surface area contributed by atoms with E-state index >= 15 is 0 Å². The topological polar surface area (TPSA) is 74.9 Å². The Bertz CT molecular complexity index is 1510. The van der Waals surface area contributed by atoms with Crippen LogP contribution in [-0.2, 0) is 12.0 Å². The zero-order valence-corrected chi connectivity index (χ0v) is 21.2. The van der Waals surface area contributed by atoms with Crippen molar-refractivity contribution in [2.24, 2.45) is 5.10 Å². The van der Waals surface area contributed by atoms with Gasteiger partial charge in [-0.25, -0.2) is 4.98 Å². The van der Waals surface area contributed by atoms with E-state index in [-0.39, 0.29) is 12.4 Å². The van der Waals surface area contributed by atoms with E-state index in [9.17, 15) is 4.79 Å². The van der Waals surface area contributed by atoms with Crippen LogP contribution in [0.5, 0.6) is 17.2 Å². The van der Waals surface area contributed by atoms with E-state index in [4.69, 9.17) is 19.2 Å². The molecule has 0 spiro atoms. The normalized spacial score (nSPS) is 13.0. The molecule has 178 valence electrons. The molecule has 0 radical (unpaired) electrons. The summed E-state index contributed by atoms with van der Waals surface area (Å²) in [6.07, 6.45) is 1.64. The third-order valence-electron chi connectivity index (χ3n) is 5.54. The minimum absolute atomic E-state index is 0.226. The zero-order chi connectivity index (χ0) is 24.6. The van der Waals surface area contributed by atoms with Crippen LogP contribution >= 0.6 is 15.9 Å². The second-order valence-corrected chi connectivity index (χ2v) is 10.1. The molecule has 1 aliphatic heterocycles. The predicted molar refractivity (Wildman–Crippen MR) is 139 cm³/mol. The highest BCUT2D eigenvalue weighted by Crippen LogP contribution is 2.33. The molecule has 35 heavy (non-hydrogen) atoms. The highest BCUT2D eigenvalue weighted by atomic mass is 79.9. The second kappa shape index (κ2) is 9.19. The van der Waals surface area contributed by atoms with Crippen LogP contribution in [0, 0.1) is 0 Å². The number of nitrogens with zero attached hydrogens (tertiary/aromatic N) is 3. The van der Waals surface area contributed by atoms with Gasteiger partial charge in [-0.15, -0.1) is 0 Å². The highest BCUT2D eigenvalue weighted by molar-refractivity contribution is 9.10. The first-order valence-electron chi connectivity index (χ1n) is 11.2. The Labute approximate surface area is 211 Å². The molecule has 2 heterocycles. The summed E-state index contributed by atoms with van der Waals surface area (Å²) in [6, 6.07) is 18.8. The van der Waals surface area contributed by atoms with Crippen molar-refractivity contribution in [3.63, 3.8) is 0 Å². The lowest BCUT2D eigenvalue weighted by molar-refractivity contribution is 0.174. The number of fused-ring (bicyclic) bond motifs is 2. The number of halogens is 1. The summed E-state index contributed by atoms with van der Waals surface area (Å²) in [4.78, 5) is 18.2. The summed E-state index contributed by atoms with van der Waals surface area (Å²) < 4.78 is 19.1. The summed E-state index contributed by atoms with van der Waals surface area (Å²) in [6.45, 7) is 6.60. The maximum absolute atomic E-state index is 13.4. The van der Waals surface area contributed by atoms with Gasteiger partial charge in [-0.05, 0) is 48.0 Å². The van der Waals surface area contributed by atoms with Gasteiger partial charge in [-0.1, -0.05) is 54.9 Å². The number of ether oxygens (including phenoxy) is 3. The average Bonchev–Trinajstić information content (AvgIpc) is 3.30. The van der Waals surface area contributed by atoms with E-state index in [0.717, 1.165) is 21.3 Å². The van der Waals surface area contributed by atoms with Crippen molar-refractivity contribution in [2.45, 2.75) is 32.8 Å². The Morgan fingerprint density at radius 1 is 1.09 bits per heavy atom. The summed E-state index contributed by atoms with van der Waals surface area (Å²) in [7, 11) is 0. The second-order valence-electron chi connectivity index (χ2n) is 9.22. The first-order chi connectivity index (χ1) is 16.8. The third-order valence-corrected chi connectivity index (χ3v) is 6.04. The molecule has 3 aromatic carbocycles. The zero-order valence-electron chi connectivity index (χ0n) is 19.6. The standard InChI is InChI=1S/C27H24BrN3O4/c1-27(2,3)26-30-21-10-9-19(28)13-20(21)25(32)31(26)29-14-18-6-4-5-7-22(18)33-15-17-8-11-23-24(12-17)35-16-34-23/h4-14H,15-16H2,1-3H3. The van der Waals surface area contributed by atoms with Crippen molar-refractivity contribution in [2.75, 3.05) is 6.79 Å². The van der Waals surface area contributed by atoms with Gasteiger partial charge in [0.05, 0.1) is 17.1 Å². The van der Waals surface area contributed by atoms with Gasteiger partial charge >= 0.3 is 0 Å². The monoisotopic (exact) mass is 533 g/mol. The molecule has 0 saturated heterocycles. The number of hydrogen-bond donors (Lipinski definition) is 0. The Hall–Kier alpha value is -3.65. The van der Waals surface area contributed by atoms with Crippen LogP contribution in [0.1, 0.15) is 37.7 Å². The van der Waals surface area contributed by atoms with Crippen molar-refractivity contribution < 1.29 is 14.2 Å². The average molecular weight is 534 g/mol. The molecule has 7 nitrogen and oxygen atoms in total. The van der Waals surface area contributed by atoms with E-state index in [0.29, 0.717) is 34.8 Å². The number of aromatic nitrogens is 2. The molecule has 0 aliphatic carbocycles. The summed E-state index contributed by atoms with van der Waals surface area (Å²) >= 11 is 3.44. The minimum atomic E-state index is -0.396. The van der Waals surface area contributed by atoms with Crippen molar-refractivity contribution >= 4 is 33.0 Å². The lowest BCUT2D eigenvalue weighted by atomic mass is 9.95. The molecule has 0 atom stereocenters. The van der Waals surface area contributed by atoms with Gasteiger partial charge in [-0.3, -0.25) is 4.79 Å². The Morgan fingerprint density at radius 3 is 2.71 bits per heavy atom. The number of hydrogen-bond acceptors (Lipinski definition) is 6. The van der Waals surface area contributed by atoms with Crippen molar-refractivity contribution in [3.8, 4) is 17.2 Å². The lowest BCUT2D eigenvalue weighted by Crippen LogP contribution is -2.29. The van der Waals surface area contributed by atoms with E-state index in [1.807, 2.05) is 75.4 Å². The highest BCUT2D eigenvalue weighted by Gasteiger charge is 2.23. The van der Waals surface area contributed by atoms with Gasteiger partial charge in [0.15, 0.2) is 11.5 Å². The van der Waals surface area contributed by atoms with Gasteiger partial charge in [0.2, 0.25) is 6.79 Å². The van der Waals surface area contributed by atoms with E-state index in [2.05, 4.69) is 21.0 Å². The maximum Gasteiger partial charge on any atom is 0.282 e. The van der Waals surface area contributed by atoms with Crippen molar-refractivity contribution in [3.05, 3.63) is 92.4 Å². The summed E-state index contributed by atoms with van der Waals surface area (Å²) in [5.41, 5.74) is 1.72. The largest absolute Gasteiger partial charge is 0.488 e. The fourth-order valence-electron chi connectivity index (χ4n) is 3.77. The van der Waals surface area contributed by atoms with Crippen LogP contribution in [0.3, 0.4) is 0 Å². The number of para-hydroxylation sites is 1. The SMILES string of the molecule is CC(C)(C)c1nc2ccc(Br)cc2c(=O)n1N=Cc1ccccc1OCc1ccc2c(c1)OCO2. The van der Waals surface area contributed by atoms with Crippen LogP contribution < -0.4 is 19.8 Å². The molecule has 0 amide bonds. The first kappa shape index (κ1) is 23.1. The maximum atomic E-state index is 13.4. The van der Waals surface area contributed by atoms with Crippen LogP contribution in [0.15, 0.2) is 75.0 Å². The van der Waals surface area contributed by atoms with Gasteiger partial charge < -0.3 is 14.2 Å². The molecule has 0 saturated carbocycles. The predicted octanol–water partition coefficient (Wildman–Crippen LogP) is 5.65. The molecular weight excluding hydrogens is 510 g/mol. The first-order valence-corrected chi connectivity index (χ1v) is 12.0. The Morgan fingerprint density at radius 2 is 1.89 bits per heavy atom. The van der Waals surface area contributed by atoms with E-state index < -0.39 is 5.41 Å². The van der Waals surface area contributed by atoms with E-state index in [1.165, 1.54) is 4.68 Å². The minimum Gasteiger partial charge on any atom is -0.488 e. The van der Waals surface area contributed by atoms with Crippen LogP contribution in [-0.4, -0.2) is 22.7 Å². The molecule has 1 aliphatic rings. The molecule has 0 unspecified atom stereocenters. The van der Waals surface area contributed by atoms with Gasteiger partial charge in [-0.2, -0.15) is 9.78 Å². The van der Waals surface area contributed by atoms with Crippen LogP contribution in [0.2, 0.25) is 0 Å². The third kappa shape index (κ3) is 4.79. The summed E-state index contributed by atoms with van der Waals surface area (Å²) in [5.74, 6) is 2.67. The Kier molecular flexibility index (Phi) is 6.06. The molecule has 4 aromatic rings. The molecule has 1 aromatic heterocycles. The van der Waals surface area contributed by atoms with Gasteiger partial charge in [0, 0.05) is 15.5 Å². The van der Waals surface area contributed by atoms with Gasteiger partial charge in [0.25, 0.3) is 5.56 Å². The van der Waals surface area contributed by atoms with Crippen molar-refractivity contribution in [1.29, 1.82) is 0 Å².